The van der Waals surface area contributed by atoms with Gasteiger partial charge >= 0.3 is 0 Å². The van der Waals surface area contributed by atoms with Crippen molar-refractivity contribution < 1.29 is 9.13 Å². The van der Waals surface area contributed by atoms with Crippen molar-refractivity contribution in [3.63, 3.8) is 0 Å². The van der Waals surface area contributed by atoms with Gasteiger partial charge in [-0.2, -0.15) is 0 Å². The maximum absolute atomic E-state index is 13.8. The van der Waals surface area contributed by atoms with Gasteiger partial charge in [0, 0.05) is 25.2 Å². The van der Waals surface area contributed by atoms with Gasteiger partial charge < -0.3 is 10.1 Å². The molecule has 2 saturated heterocycles. The number of halogens is 1. The van der Waals surface area contributed by atoms with Crippen molar-refractivity contribution >= 4 is 0 Å². The highest BCUT2D eigenvalue weighted by molar-refractivity contribution is 5.31. The number of benzene rings is 1. The fourth-order valence-corrected chi connectivity index (χ4v) is 3.55. The minimum Gasteiger partial charge on any atom is -0.494 e. The van der Waals surface area contributed by atoms with Gasteiger partial charge in [-0.3, -0.25) is 4.90 Å². The zero-order chi connectivity index (χ0) is 14.1. The third-order valence-corrected chi connectivity index (χ3v) is 4.83. The van der Waals surface area contributed by atoms with E-state index in [-0.39, 0.29) is 11.9 Å². The summed E-state index contributed by atoms with van der Waals surface area (Å²) in [5, 5.41) is 3.61. The lowest BCUT2D eigenvalue weighted by atomic mass is 9.94. The SMILES string of the molecule is COc1ccc(C(C)N2CC3CCCNC3C2)cc1F. The number of hydrogen-bond acceptors (Lipinski definition) is 3. The second-order valence-electron chi connectivity index (χ2n) is 5.99. The molecule has 3 rings (SSSR count). The number of nitrogens with zero attached hydrogens (tertiary/aromatic N) is 1. The van der Waals surface area contributed by atoms with Crippen LogP contribution in [-0.2, 0) is 0 Å². The lowest BCUT2D eigenvalue weighted by Crippen LogP contribution is -2.40. The monoisotopic (exact) mass is 278 g/mol. The van der Waals surface area contributed by atoms with Gasteiger partial charge in [-0.25, -0.2) is 4.39 Å². The molecule has 2 fully saturated rings. The van der Waals surface area contributed by atoms with Crippen molar-refractivity contribution in [1.82, 2.24) is 10.2 Å². The molecular weight excluding hydrogens is 255 g/mol. The average Bonchev–Trinajstić information content (AvgIpc) is 2.90. The first kappa shape index (κ1) is 13.8. The molecule has 2 aliphatic heterocycles. The van der Waals surface area contributed by atoms with Crippen molar-refractivity contribution in [2.45, 2.75) is 31.8 Å². The fraction of sp³-hybridized carbons (Fsp3) is 0.625. The van der Waals surface area contributed by atoms with E-state index in [0.29, 0.717) is 11.8 Å². The van der Waals surface area contributed by atoms with Crippen LogP contribution in [0.2, 0.25) is 0 Å². The van der Waals surface area contributed by atoms with E-state index in [1.54, 1.807) is 12.1 Å². The first-order valence-corrected chi connectivity index (χ1v) is 7.50. The average molecular weight is 278 g/mol. The van der Waals surface area contributed by atoms with Crippen molar-refractivity contribution in [2.75, 3.05) is 26.7 Å². The fourth-order valence-electron chi connectivity index (χ4n) is 3.55. The zero-order valence-electron chi connectivity index (χ0n) is 12.2. The maximum Gasteiger partial charge on any atom is 0.165 e. The summed E-state index contributed by atoms with van der Waals surface area (Å²) in [7, 11) is 1.50. The molecule has 20 heavy (non-hydrogen) atoms. The van der Waals surface area contributed by atoms with Gasteiger partial charge in [0.25, 0.3) is 0 Å². The van der Waals surface area contributed by atoms with Gasteiger partial charge in [0.1, 0.15) is 0 Å². The van der Waals surface area contributed by atoms with Crippen LogP contribution in [0.25, 0.3) is 0 Å². The molecule has 0 aromatic heterocycles. The topological polar surface area (TPSA) is 24.5 Å². The van der Waals surface area contributed by atoms with E-state index in [9.17, 15) is 4.39 Å². The Balaban J connectivity index is 1.72. The lowest BCUT2D eigenvalue weighted by Gasteiger charge is -2.25. The van der Waals surface area contributed by atoms with Crippen LogP contribution in [0.5, 0.6) is 5.75 Å². The van der Waals surface area contributed by atoms with Crippen molar-refractivity contribution in [3.8, 4) is 5.75 Å². The molecule has 0 amide bonds. The van der Waals surface area contributed by atoms with Gasteiger partial charge in [-0.15, -0.1) is 0 Å². The smallest absolute Gasteiger partial charge is 0.165 e. The normalized spacial score (nSPS) is 28.1. The van der Waals surface area contributed by atoms with Gasteiger partial charge in [0.2, 0.25) is 0 Å². The Morgan fingerprint density at radius 1 is 1.40 bits per heavy atom. The minimum absolute atomic E-state index is 0.253. The van der Waals surface area contributed by atoms with Crippen molar-refractivity contribution in [3.05, 3.63) is 29.6 Å². The molecule has 3 nitrogen and oxygen atoms in total. The summed E-state index contributed by atoms with van der Waals surface area (Å²) in [6.07, 6.45) is 2.60. The Morgan fingerprint density at radius 3 is 2.95 bits per heavy atom. The highest BCUT2D eigenvalue weighted by Crippen LogP contribution is 2.32. The predicted molar refractivity (Wildman–Crippen MR) is 77.5 cm³/mol. The molecule has 3 atom stereocenters. The van der Waals surface area contributed by atoms with E-state index in [4.69, 9.17) is 4.74 Å². The number of rotatable bonds is 3. The molecule has 0 bridgehead atoms. The molecule has 1 aromatic rings. The number of nitrogens with one attached hydrogen (secondary N) is 1. The molecule has 0 spiro atoms. The van der Waals surface area contributed by atoms with Gasteiger partial charge in [-0.05, 0) is 49.9 Å². The van der Waals surface area contributed by atoms with Crippen LogP contribution in [0, 0.1) is 11.7 Å². The van der Waals surface area contributed by atoms with Crippen molar-refractivity contribution in [1.29, 1.82) is 0 Å². The number of likely N-dealkylation sites (tertiary alicyclic amines) is 1. The van der Waals surface area contributed by atoms with Crippen LogP contribution < -0.4 is 10.1 Å². The number of fused-ring (bicyclic) bond motifs is 1. The molecule has 0 saturated carbocycles. The quantitative estimate of drug-likeness (QED) is 0.919. The van der Waals surface area contributed by atoms with E-state index < -0.39 is 0 Å². The molecule has 110 valence electrons. The third kappa shape index (κ3) is 2.54. The van der Waals surface area contributed by atoms with E-state index >= 15 is 0 Å². The van der Waals surface area contributed by atoms with Gasteiger partial charge in [0.15, 0.2) is 11.6 Å². The molecule has 0 radical (unpaired) electrons. The van der Waals surface area contributed by atoms with E-state index in [1.807, 2.05) is 6.07 Å². The molecule has 2 aliphatic rings. The summed E-state index contributed by atoms with van der Waals surface area (Å²) in [6.45, 7) is 5.49. The summed E-state index contributed by atoms with van der Waals surface area (Å²) < 4.78 is 18.8. The summed E-state index contributed by atoms with van der Waals surface area (Å²) >= 11 is 0. The summed E-state index contributed by atoms with van der Waals surface area (Å²) in [5.41, 5.74) is 1.03. The number of methoxy groups -OCH3 is 1. The standard InChI is InChI=1S/C16H23FN2O/c1-11(12-5-6-16(20-2)14(17)8-12)19-9-13-4-3-7-18-15(13)10-19/h5-6,8,11,13,15,18H,3-4,7,9-10H2,1-2H3. The molecule has 4 heteroatoms. The van der Waals surface area contributed by atoms with E-state index in [1.165, 1.54) is 20.0 Å². The summed E-state index contributed by atoms with van der Waals surface area (Å²) in [4.78, 5) is 2.47. The predicted octanol–water partition coefficient (Wildman–Crippen LogP) is 2.58. The molecule has 3 unspecified atom stereocenters. The minimum atomic E-state index is -0.272. The van der Waals surface area contributed by atoms with Crippen molar-refractivity contribution in [2.24, 2.45) is 5.92 Å². The van der Waals surface area contributed by atoms with Crippen LogP contribution in [0.1, 0.15) is 31.4 Å². The zero-order valence-corrected chi connectivity index (χ0v) is 12.2. The number of piperidine rings is 1. The second-order valence-corrected chi connectivity index (χ2v) is 5.99. The molecular formula is C16H23FN2O. The Kier molecular flexibility index (Phi) is 3.94. The largest absolute Gasteiger partial charge is 0.494 e. The first-order valence-electron chi connectivity index (χ1n) is 7.50. The van der Waals surface area contributed by atoms with E-state index in [0.717, 1.165) is 31.1 Å². The summed E-state index contributed by atoms with van der Waals surface area (Å²) in [5.74, 6) is 0.804. The molecule has 1 N–H and O–H groups in total. The van der Waals surface area contributed by atoms with Crippen LogP contribution in [0.3, 0.4) is 0 Å². The van der Waals surface area contributed by atoms with Crippen LogP contribution in [0.15, 0.2) is 18.2 Å². The Hall–Kier alpha value is -1.13. The van der Waals surface area contributed by atoms with Gasteiger partial charge in [-0.1, -0.05) is 6.07 Å². The van der Waals surface area contributed by atoms with E-state index in [2.05, 4.69) is 17.1 Å². The summed E-state index contributed by atoms with van der Waals surface area (Å²) in [6, 6.07) is 6.18. The molecule has 0 aliphatic carbocycles. The highest BCUT2D eigenvalue weighted by atomic mass is 19.1. The number of ether oxygens (including phenoxy) is 1. The molecule has 2 heterocycles. The Bertz CT molecular complexity index is 466. The lowest BCUT2D eigenvalue weighted by molar-refractivity contribution is 0.250. The highest BCUT2D eigenvalue weighted by Gasteiger charge is 2.36. The third-order valence-electron chi connectivity index (χ3n) is 4.83. The van der Waals surface area contributed by atoms with Gasteiger partial charge in [0.05, 0.1) is 7.11 Å². The Morgan fingerprint density at radius 2 is 2.25 bits per heavy atom. The number of hydrogen-bond donors (Lipinski definition) is 1. The maximum atomic E-state index is 13.8. The van der Waals surface area contributed by atoms with Crippen LogP contribution >= 0.6 is 0 Å². The first-order chi connectivity index (χ1) is 9.69. The van der Waals surface area contributed by atoms with Crippen LogP contribution in [0.4, 0.5) is 4.39 Å². The second kappa shape index (κ2) is 5.70. The van der Waals surface area contributed by atoms with Crippen LogP contribution in [-0.4, -0.2) is 37.7 Å². The Labute approximate surface area is 120 Å². The molecule has 1 aromatic carbocycles.